The first-order chi connectivity index (χ1) is 5.69. The number of hydrogen-bond acceptors (Lipinski definition) is 2. The first-order valence-corrected chi connectivity index (χ1v) is 3.86. The standard InChI is InChI=1S/C9H9ClO2/c1-6-3-8(10)4-7(5-11)9(6)12-2/h3-5H,1-2H3. The van der Waals surface area contributed by atoms with Gasteiger partial charge in [0.25, 0.3) is 0 Å². The highest BCUT2D eigenvalue weighted by molar-refractivity contribution is 6.31. The van der Waals surface area contributed by atoms with Gasteiger partial charge in [0.05, 0.1) is 12.7 Å². The van der Waals surface area contributed by atoms with E-state index in [0.29, 0.717) is 16.3 Å². The lowest BCUT2D eigenvalue weighted by molar-refractivity contribution is 0.112. The van der Waals surface area contributed by atoms with Gasteiger partial charge in [-0.25, -0.2) is 0 Å². The molecule has 64 valence electrons. The van der Waals surface area contributed by atoms with Crippen LogP contribution in [-0.2, 0) is 0 Å². The molecule has 1 aromatic carbocycles. The van der Waals surface area contributed by atoms with Crippen LogP contribution in [0.1, 0.15) is 15.9 Å². The van der Waals surface area contributed by atoms with Crippen LogP contribution >= 0.6 is 11.6 Å². The van der Waals surface area contributed by atoms with Crippen LogP contribution in [-0.4, -0.2) is 13.4 Å². The predicted molar refractivity (Wildman–Crippen MR) is 48.1 cm³/mol. The first kappa shape index (κ1) is 9.07. The van der Waals surface area contributed by atoms with E-state index >= 15 is 0 Å². The second-order valence-electron chi connectivity index (χ2n) is 2.46. The number of aldehydes is 1. The number of halogens is 1. The third kappa shape index (κ3) is 1.59. The fourth-order valence-corrected chi connectivity index (χ4v) is 1.40. The van der Waals surface area contributed by atoms with Gasteiger partial charge in [0.15, 0.2) is 6.29 Å². The van der Waals surface area contributed by atoms with Gasteiger partial charge in [-0.2, -0.15) is 0 Å². The van der Waals surface area contributed by atoms with Gasteiger partial charge in [-0.3, -0.25) is 4.79 Å². The van der Waals surface area contributed by atoms with E-state index in [0.717, 1.165) is 11.8 Å². The Hall–Kier alpha value is -1.02. The molecule has 0 aliphatic carbocycles. The minimum absolute atomic E-state index is 0.488. The number of carbonyl (C=O) groups is 1. The van der Waals surface area contributed by atoms with Crippen LogP contribution in [0.2, 0.25) is 5.02 Å². The third-order valence-electron chi connectivity index (χ3n) is 1.60. The van der Waals surface area contributed by atoms with E-state index in [1.165, 1.54) is 7.11 Å². The number of benzene rings is 1. The molecule has 0 radical (unpaired) electrons. The summed E-state index contributed by atoms with van der Waals surface area (Å²) in [5, 5.41) is 0.551. The fourth-order valence-electron chi connectivity index (χ4n) is 1.12. The maximum absolute atomic E-state index is 10.6. The van der Waals surface area contributed by atoms with E-state index in [4.69, 9.17) is 16.3 Å². The van der Waals surface area contributed by atoms with Crippen LogP contribution in [0, 0.1) is 6.92 Å². The number of carbonyl (C=O) groups excluding carboxylic acids is 1. The number of ether oxygens (including phenoxy) is 1. The Bertz CT molecular complexity index is 308. The van der Waals surface area contributed by atoms with Crippen molar-refractivity contribution >= 4 is 17.9 Å². The average molecular weight is 185 g/mol. The second kappa shape index (κ2) is 3.59. The van der Waals surface area contributed by atoms with E-state index in [1.54, 1.807) is 12.1 Å². The van der Waals surface area contributed by atoms with Crippen molar-refractivity contribution in [2.45, 2.75) is 6.92 Å². The Morgan fingerprint density at radius 3 is 2.67 bits per heavy atom. The lowest BCUT2D eigenvalue weighted by Gasteiger charge is -2.06. The lowest BCUT2D eigenvalue weighted by Crippen LogP contribution is -1.93. The number of aryl methyl sites for hydroxylation is 1. The molecule has 0 saturated heterocycles. The Morgan fingerprint density at radius 1 is 1.50 bits per heavy atom. The van der Waals surface area contributed by atoms with Gasteiger partial charge in [-0.15, -0.1) is 0 Å². The molecule has 12 heavy (non-hydrogen) atoms. The van der Waals surface area contributed by atoms with Crippen molar-refractivity contribution in [1.82, 2.24) is 0 Å². The molecule has 2 nitrogen and oxygen atoms in total. The van der Waals surface area contributed by atoms with Gasteiger partial charge in [0.1, 0.15) is 5.75 Å². The van der Waals surface area contributed by atoms with E-state index in [-0.39, 0.29) is 0 Å². The molecule has 1 aromatic rings. The number of methoxy groups -OCH3 is 1. The minimum Gasteiger partial charge on any atom is -0.496 e. The molecule has 0 aliphatic heterocycles. The average Bonchev–Trinajstić information content (AvgIpc) is 2.03. The summed E-state index contributed by atoms with van der Waals surface area (Å²) in [4.78, 5) is 10.6. The summed E-state index contributed by atoms with van der Waals surface area (Å²) in [7, 11) is 1.53. The summed E-state index contributed by atoms with van der Waals surface area (Å²) >= 11 is 5.74. The summed E-state index contributed by atoms with van der Waals surface area (Å²) in [5.41, 5.74) is 1.36. The molecule has 0 fully saturated rings. The number of hydrogen-bond donors (Lipinski definition) is 0. The minimum atomic E-state index is 0.488. The molecule has 3 heteroatoms. The van der Waals surface area contributed by atoms with Crippen molar-refractivity contribution in [1.29, 1.82) is 0 Å². The highest BCUT2D eigenvalue weighted by Crippen LogP contribution is 2.25. The van der Waals surface area contributed by atoms with Crippen LogP contribution in [0.25, 0.3) is 0 Å². The highest BCUT2D eigenvalue weighted by atomic mass is 35.5. The SMILES string of the molecule is COc1c(C)cc(Cl)cc1C=O. The molecule has 0 bridgehead atoms. The van der Waals surface area contributed by atoms with Crippen molar-refractivity contribution < 1.29 is 9.53 Å². The molecule has 0 aliphatic rings. The number of rotatable bonds is 2. The van der Waals surface area contributed by atoms with Crippen LogP contribution in [0.15, 0.2) is 12.1 Å². The Labute approximate surface area is 76.1 Å². The lowest BCUT2D eigenvalue weighted by atomic mass is 10.1. The zero-order valence-corrected chi connectivity index (χ0v) is 7.68. The molecular formula is C9H9ClO2. The van der Waals surface area contributed by atoms with E-state index < -0.39 is 0 Å². The molecule has 0 amide bonds. The van der Waals surface area contributed by atoms with Gasteiger partial charge in [0, 0.05) is 5.02 Å². The maximum Gasteiger partial charge on any atom is 0.153 e. The van der Waals surface area contributed by atoms with E-state index in [9.17, 15) is 4.79 Å². The second-order valence-corrected chi connectivity index (χ2v) is 2.90. The predicted octanol–water partition coefficient (Wildman–Crippen LogP) is 2.47. The van der Waals surface area contributed by atoms with Crippen molar-refractivity contribution in [3.63, 3.8) is 0 Å². The first-order valence-electron chi connectivity index (χ1n) is 3.48. The molecule has 1 rings (SSSR count). The molecular weight excluding hydrogens is 176 g/mol. The quantitative estimate of drug-likeness (QED) is 0.660. The van der Waals surface area contributed by atoms with Crippen molar-refractivity contribution in [2.75, 3.05) is 7.11 Å². The Balaban J connectivity index is 3.33. The van der Waals surface area contributed by atoms with Gasteiger partial charge in [-0.1, -0.05) is 11.6 Å². The largest absolute Gasteiger partial charge is 0.496 e. The molecule has 0 N–H and O–H groups in total. The maximum atomic E-state index is 10.6. The zero-order valence-electron chi connectivity index (χ0n) is 6.93. The molecule has 0 unspecified atom stereocenters. The Morgan fingerprint density at radius 2 is 2.17 bits per heavy atom. The summed E-state index contributed by atoms with van der Waals surface area (Å²) in [6.45, 7) is 1.84. The van der Waals surface area contributed by atoms with Crippen molar-refractivity contribution in [3.05, 3.63) is 28.3 Å². The third-order valence-corrected chi connectivity index (χ3v) is 1.82. The zero-order chi connectivity index (χ0) is 9.14. The molecule has 0 spiro atoms. The summed E-state index contributed by atoms with van der Waals surface area (Å²) < 4.78 is 5.03. The van der Waals surface area contributed by atoms with E-state index in [2.05, 4.69) is 0 Å². The Kier molecular flexibility index (Phi) is 2.71. The van der Waals surface area contributed by atoms with Crippen LogP contribution < -0.4 is 4.74 Å². The van der Waals surface area contributed by atoms with Gasteiger partial charge >= 0.3 is 0 Å². The van der Waals surface area contributed by atoms with Crippen LogP contribution in [0.4, 0.5) is 0 Å². The monoisotopic (exact) mass is 184 g/mol. The summed E-state index contributed by atoms with van der Waals surface area (Å²) in [6.07, 6.45) is 0.734. The molecule has 0 aromatic heterocycles. The topological polar surface area (TPSA) is 26.3 Å². The molecule has 0 heterocycles. The molecule has 0 saturated carbocycles. The van der Waals surface area contributed by atoms with Crippen LogP contribution in [0.5, 0.6) is 5.75 Å². The fraction of sp³-hybridized carbons (Fsp3) is 0.222. The normalized spacial score (nSPS) is 9.58. The van der Waals surface area contributed by atoms with Gasteiger partial charge in [0.2, 0.25) is 0 Å². The molecule has 0 atom stereocenters. The van der Waals surface area contributed by atoms with Gasteiger partial charge in [-0.05, 0) is 24.6 Å². The van der Waals surface area contributed by atoms with E-state index in [1.807, 2.05) is 6.92 Å². The van der Waals surface area contributed by atoms with Crippen molar-refractivity contribution in [3.8, 4) is 5.75 Å². The summed E-state index contributed by atoms with van der Waals surface area (Å²) in [6, 6.07) is 3.34. The highest BCUT2D eigenvalue weighted by Gasteiger charge is 2.06. The smallest absolute Gasteiger partial charge is 0.153 e. The van der Waals surface area contributed by atoms with Crippen LogP contribution in [0.3, 0.4) is 0 Å². The van der Waals surface area contributed by atoms with Gasteiger partial charge < -0.3 is 4.74 Å². The van der Waals surface area contributed by atoms with Crippen molar-refractivity contribution in [2.24, 2.45) is 0 Å². The summed E-state index contributed by atoms with van der Waals surface area (Å²) in [5.74, 6) is 0.592.